The number of fused-ring (bicyclic) bond motifs is 1. The predicted octanol–water partition coefficient (Wildman–Crippen LogP) is 2.11. The fourth-order valence-electron chi connectivity index (χ4n) is 2.11. The van der Waals surface area contributed by atoms with Gasteiger partial charge < -0.3 is 19.5 Å². The predicted molar refractivity (Wildman–Crippen MR) is 69.7 cm³/mol. The summed E-state index contributed by atoms with van der Waals surface area (Å²) >= 11 is 0. The molecule has 4 nitrogen and oxygen atoms in total. The van der Waals surface area contributed by atoms with Crippen LogP contribution in [0.3, 0.4) is 0 Å². The Balaban J connectivity index is 1.87. The number of ether oxygens (including phenoxy) is 3. The normalized spacial score (nSPS) is 17.8. The molecular formula is C14H21NO3. The van der Waals surface area contributed by atoms with Crippen LogP contribution < -0.4 is 10.1 Å². The van der Waals surface area contributed by atoms with Gasteiger partial charge in [-0.2, -0.15) is 0 Å². The van der Waals surface area contributed by atoms with E-state index >= 15 is 0 Å². The molecule has 1 aliphatic rings. The highest BCUT2D eigenvalue weighted by Crippen LogP contribution is 2.31. The lowest BCUT2D eigenvalue weighted by Gasteiger charge is -2.19. The summed E-state index contributed by atoms with van der Waals surface area (Å²) in [6.07, 6.45) is -0.187. The number of benzene rings is 1. The van der Waals surface area contributed by atoms with Crippen molar-refractivity contribution >= 4 is 0 Å². The molecule has 0 aliphatic carbocycles. The van der Waals surface area contributed by atoms with Gasteiger partial charge in [-0.3, -0.25) is 0 Å². The van der Waals surface area contributed by atoms with E-state index in [2.05, 4.69) is 11.4 Å². The van der Waals surface area contributed by atoms with E-state index in [1.165, 1.54) is 5.56 Å². The summed E-state index contributed by atoms with van der Waals surface area (Å²) in [6.45, 7) is 6.60. The van der Waals surface area contributed by atoms with E-state index < -0.39 is 0 Å². The third kappa shape index (κ3) is 3.22. The van der Waals surface area contributed by atoms with Gasteiger partial charge in [-0.15, -0.1) is 0 Å². The lowest BCUT2D eigenvalue weighted by atomic mass is 10.1. The molecule has 0 spiro atoms. The average Bonchev–Trinajstić information content (AvgIpc) is 2.80. The first-order chi connectivity index (χ1) is 8.85. The van der Waals surface area contributed by atoms with Crippen molar-refractivity contribution in [1.82, 2.24) is 5.32 Å². The molecule has 1 aromatic rings. The molecule has 4 heteroatoms. The van der Waals surface area contributed by atoms with Gasteiger partial charge in [0.1, 0.15) is 12.4 Å². The average molecular weight is 251 g/mol. The molecule has 1 N–H and O–H groups in total. The Bertz CT molecular complexity index is 364. The van der Waals surface area contributed by atoms with Gasteiger partial charge in [-0.1, -0.05) is 18.2 Å². The van der Waals surface area contributed by atoms with Crippen LogP contribution in [0.5, 0.6) is 5.75 Å². The van der Waals surface area contributed by atoms with Crippen molar-refractivity contribution in [3.8, 4) is 5.75 Å². The highest BCUT2D eigenvalue weighted by molar-refractivity contribution is 5.39. The molecule has 0 fully saturated rings. The zero-order valence-corrected chi connectivity index (χ0v) is 11.0. The Labute approximate surface area is 108 Å². The lowest BCUT2D eigenvalue weighted by molar-refractivity contribution is -0.133. The van der Waals surface area contributed by atoms with Crippen LogP contribution in [0.4, 0.5) is 0 Å². The molecule has 0 amide bonds. The van der Waals surface area contributed by atoms with E-state index in [0.29, 0.717) is 26.4 Å². The van der Waals surface area contributed by atoms with E-state index in [9.17, 15) is 0 Å². The Kier molecular flexibility index (Phi) is 4.99. The Hall–Kier alpha value is -1.10. The van der Waals surface area contributed by atoms with Crippen molar-refractivity contribution < 1.29 is 14.2 Å². The maximum absolute atomic E-state index is 5.62. The van der Waals surface area contributed by atoms with Crippen LogP contribution in [0.2, 0.25) is 0 Å². The van der Waals surface area contributed by atoms with Gasteiger partial charge in [0.05, 0.1) is 6.04 Å². The Morgan fingerprint density at radius 2 is 2.00 bits per heavy atom. The fourth-order valence-corrected chi connectivity index (χ4v) is 2.11. The minimum atomic E-state index is -0.187. The Morgan fingerprint density at radius 1 is 1.28 bits per heavy atom. The van der Waals surface area contributed by atoms with Gasteiger partial charge >= 0.3 is 0 Å². The topological polar surface area (TPSA) is 39.7 Å². The first kappa shape index (κ1) is 13.3. The largest absolute Gasteiger partial charge is 0.491 e. The van der Waals surface area contributed by atoms with Gasteiger partial charge in [0.25, 0.3) is 0 Å². The summed E-state index contributed by atoms with van der Waals surface area (Å²) in [6, 6.07) is 8.34. The lowest BCUT2D eigenvalue weighted by Crippen LogP contribution is -2.34. The summed E-state index contributed by atoms with van der Waals surface area (Å²) in [5.74, 6) is 0.972. The van der Waals surface area contributed by atoms with Crippen LogP contribution in [0.15, 0.2) is 24.3 Å². The van der Waals surface area contributed by atoms with Gasteiger partial charge in [0, 0.05) is 25.3 Å². The van der Waals surface area contributed by atoms with Crippen molar-refractivity contribution in [3.63, 3.8) is 0 Å². The molecule has 1 heterocycles. The summed E-state index contributed by atoms with van der Waals surface area (Å²) < 4.78 is 16.6. The number of hydrogen-bond acceptors (Lipinski definition) is 4. The van der Waals surface area contributed by atoms with E-state index in [1.54, 1.807) is 0 Å². The van der Waals surface area contributed by atoms with Crippen molar-refractivity contribution in [2.24, 2.45) is 0 Å². The molecule has 1 unspecified atom stereocenters. The molecule has 0 saturated carbocycles. The fraction of sp³-hybridized carbons (Fsp3) is 0.571. The molecule has 18 heavy (non-hydrogen) atoms. The van der Waals surface area contributed by atoms with Gasteiger partial charge in [-0.25, -0.2) is 0 Å². The van der Waals surface area contributed by atoms with Crippen LogP contribution >= 0.6 is 0 Å². The summed E-state index contributed by atoms with van der Waals surface area (Å²) in [4.78, 5) is 0. The highest BCUT2D eigenvalue weighted by atomic mass is 16.7. The summed E-state index contributed by atoms with van der Waals surface area (Å²) in [5, 5.41) is 3.43. The molecule has 100 valence electrons. The van der Waals surface area contributed by atoms with E-state index in [4.69, 9.17) is 14.2 Å². The molecule has 0 bridgehead atoms. The molecule has 1 aromatic carbocycles. The quantitative estimate of drug-likeness (QED) is 0.753. The zero-order chi connectivity index (χ0) is 12.8. The number of rotatable bonds is 7. The van der Waals surface area contributed by atoms with Crippen molar-refractivity contribution in [3.05, 3.63) is 29.8 Å². The van der Waals surface area contributed by atoms with E-state index in [1.807, 2.05) is 32.0 Å². The molecule has 0 radical (unpaired) electrons. The molecule has 0 saturated heterocycles. The minimum absolute atomic E-state index is 0.187. The van der Waals surface area contributed by atoms with Crippen LogP contribution in [0, 0.1) is 0 Å². The molecule has 0 aromatic heterocycles. The van der Waals surface area contributed by atoms with Crippen LogP contribution in [-0.4, -0.2) is 32.7 Å². The van der Waals surface area contributed by atoms with Crippen molar-refractivity contribution in [2.75, 3.05) is 26.4 Å². The van der Waals surface area contributed by atoms with Crippen LogP contribution in [0.1, 0.15) is 25.5 Å². The monoisotopic (exact) mass is 251 g/mol. The van der Waals surface area contributed by atoms with E-state index in [-0.39, 0.29) is 12.3 Å². The standard InChI is InChI=1S/C14H21NO3/c1-3-16-14(17-4-2)9-15-12-10-18-13-8-6-5-7-11(12)13/h5-8,12,14-15H,3-4,9-10H2,1-2H3. The first-order valence-corrected chi connectivity index (χ1v) is 6.53. The van der Waals surface area contributed by atoms with Gasteiger partial charge in [-0.05, 0) is 19.9 Å². The Morgan fingerprint density at radius 3 is 2.72 bits per heavy atom. The van der Waals surface area contributed by atoms with Gasteiger partial charge in [0.2, 0.25) is 0 Å². The van der Waals surface area contributed by atoms with Crippen molar-refractivity contribution in [2.45, 2.75) is 26.2 Å². The summed E-state index contributed by atoms with van der Waals surface area (Å²) in [7, 11) is 0. The van der Waals surface area contributed by atoms with Crippen molar-refractivity contribution in [1.29, 1.82) is 0 Å². The molecule has 2 rings (SSSR count). The second kappa shape index (κ2) is 6.73. The van der Waals surface area contributed by atoms with E-state index in [0.717, 1.165) is 5.75 Å². The highest BCUT2D eigenvalue weighted by Gasteiger charge is 2.24. The second-order valence-electron chi connectivity index (χ2n) is 4.15. The van der Waals surface area contributed by atoms with Crippen LogP contribution in [0.25, 0.3) is 0 Å². The number of para-hydroxylation sites is 1. The van der Waals surface area contributed by atoms with Crippen LogP contribution in [-0.2, 0) is 9.47 Å². The molecule has 1 atom stereocenters. The third-order valence-corrected chi connectivity index (χ3v) is 2.94. The molecular weight excluding hydrogens is 230 g/mol. The van der Waals surface area contributed by atoms with Gasteiger partial charge in [0.15, 0.2) is 6.29 Å². The second-order valence-corrected chi connectivity index (χ2v) is 4.15. The smallest absolute Gasteiger partial charge is 0.169 e. The third-order valence-electron chi connectivity index (χ3n) is 2.94. The number of hydrogen-bond donors (Lipinski definition) is 1. The SMILES string of the molecule is CCOC(CNC1COc2ccccc21)OCC. The first-order valence-electron chi connectivity index (χ1n) is 6.53. The summed E-state index contributed by atoms with van der Waals surface area (Å²) in [5.41, 5.74) is 1.21. The number of nitrogens with one attached hydrogen (secondary N) is 1. The maximum Gasteiger partial charge on any atom is 0.169 e. The minimum Gasteiger partial charge on any atom is -0.491 e. The maximum atomic E-state index is 5.62. The molecule has 1 aliphatic heterocycles. The zero-order valence-electron chi connectivity index (χ0n) is 11.0.